The lowest BCUT2D eigenvalue weighted by Crippen LogP contribution is -2.48. The SMILES string of the molecule is CCc1ccc(N([C@H](C)C(=O)N[C@H](C)c2ccc(C)cc2)S(C)(=O)=O)cc1. The van der Waals surface area contributed by atoms with Crippen molar-refractivity contribution in [1.82, 2.24) is 5.32 Å². The zero-order chi connectivity index (χ0) is 20.2. The molecule has 0 heterocycles. The molecular weight excluding hydrogens is 360 g/mol. The minimum Gasteiger partial charge on any atom is -0.348 e. The average Bonchev–Trinajstić information content (AvgIpc) is 2.61. The monoisotopic (exact) mass is 388 g/mol. The number of aryl methyl sites for hydroxylation is 2. The Morgan fingerprint density at radius 1 is 1.04 bits per heavy atom. The molecular formula is C21H28N2O3S. The Bertz CT molecular complexity index is 875. The van der Waals surface area contributed by atoms with E-state index in [4.69, 9.17) is 0 Å². The summed E-state index contributed by atoms with van der Waals surface area (Å²) >= 11 is 0. The van der Waals surface area contributed by atoms with E-state index in [0.29, 0.717) is 5.69 Å². The van der Waals surface area contributed by atoms with Gasteiger partial charge >= 0.3 is 0 Å². The molecule has 0 saturated heterocycles. The Kier molecular flexibility index (Phi) is 6.65. The van der Waals surface area contributed by atoms with Gasteiger partial charge < -0.3 is 5.32 Å². The summed E-state index contributed by atoms with van der Waals surface area (Å²) in [4.78, 5) is 12.8. The molecule has 2 atom stereocenters. The third-order valence-corrected chi connectivity index (χ3v) is 5.87. The van der Waals surface area contributed by atoms with Gasteiger partial charge in [-0.25, -0.2) is 8.42 Å². The van der Waals surface area contributed by atoms with Gasteiger partial charge in [-0.05, 0) is 50.5 Å². The van der Waals surface area contributed by atoms with Crippen LogP contribution in [0.3, 0.4) is 0 Å². The van der Waals surface area contributed by atoms with Crippen LogP contribution in [0.5, 0.6) is 0 Å². The number of hydrogen-bond acceptors (Lipinski definition) is 3. The molecule has 0 bridgehead atoms. The Labute approximate surface area is 162 Å². The quantitative estimate of drug-likeness (QED) is 0.788. The summed E-state index contributed by atoms with van der Waals surface area (Å²) in [5, 5.41) is 2.92. The Morgan fingerprint density at radius 2 is 1.59 bits per heavy atom. The van der Waals surface area contributed by atoms with Crippen LogP contribution in [0.2, 0.25) is 0 Å². The number of hydrogen-bond donors (Lipinski definition) is 1. The fraction of sp³-hybridized carbons (Fsp3) is 0.381. The highest BCUT2D eigenvalue weighted by molar-refractivity contribution is 7.92. The van der Waals surface area contributed by atoms with Crippen molar-refractivity contribution in [2.75, 3.05) is 10.6 Å². The highest BCUT2D eigenvalue weighted by atomic mass is 32.2. The standard InChI is InChI=1S/C21H28N2O3S/c1-6-18-9-13-20(14-10-18)23(27(5,25)26)17(4)21(24)22-16(3)19-11-7-15(2)8-12-19/h7-14,16-17H,6H2,1-5H3,(H,22,24)/t16-,17-/m1/s1. The van der Waals surface area contributed by atoms with E-state index in [2.05, 4.69) is 5.32 Å². The highest BCUT2D eigenvalue weighted by Gasteiger charge is 2.29. The van der Waals surface area contributed by atoms with E-state index >= 15 is 0 Å². The molecule has 1 N–H and O–H groups in total. The van der Waals surface area contributed by atoms with E-state index in [1.54, 1.807) is 19.1 Å². The van der Waals surface area contributed by atoms with Crippen molar-refractivity contribution in [3.05, 3.63) is 65.2 Å². The maximum absolute atomic E-state index is 12.8. The summed E-state index contributed by atoms with van der Waals surface area (Å²) in [6.45, 7) is 7.52. The number of carbonyl (C=O) groups excluding carboxylic acids is 1. The fourth-order valence-electron chi connectivity index (χ4n) is 2.96. The third-order valence-electron chi connectivity index (χ3n) is 4.62. The molecule has 146 valence electrons. The maximum atomic E-state index is 12.8. The number of amides is 1. The van der Waals surface area contributed by atoms with Gasteiger partial charge in [0.1, 0.15) is 6.04 Å². The van der Waals surface area contributed by atoms with Gasteiger partial charge in [0, 0.05) is 0 Å². The second-order valence-electron chi connectivity index (χ2n) is 6.90. The minimum absolute atomic E-state index is 0.218. The lowest BCUT2D eigenvalue weighted by atomic mass is 10.1. The zero-order valence-corrected chi connectivity index (χ0v) is 17.4. The molecule has 0 radical (unpaired) electrons. The molecule has 27 heavy (non-hydrogen) atoms. The van der Waals surface area contributed by atoms with Gasteiger partial charge in [-0.15, -0.1) is 0 Å². The molecule has 2 aromatic rings. The van der Waals surface area contributed by atoms with E-state index < -0.39 is 16.1 Å². The largest absolute Gasteiger partial charge is 0.348 e. The van der Waals surface area contributed by atoms with Crippen LogP contribution in [0.25, 0.3) is 0 Å². The molecule has 0 saturated carbocycles. The van der Waals surface area contributed by atoms with E-state index in [-0.39, 0.29) is 11.9 Å². The normalized spacial score (nSPS) is 13.7. The average molecular weight is 389 g/mol. The predicted molar refractivity (Wildman–Crippen MR) is 110 cm³/mol. The summed E-state index contributed by atoms with van der Waals surface area (Å²) in [5.41, 5.74) is 3.71. The zero-order valence-electron chi connectivity index (χ0n) is 16.6. The minimum atomic E-state index is -3.62. The van der Waals surface area contributed by atoms with Gasteiger partial charge in [-0.3, -0.25) is 9.10 Å². The summed E-state index contributed by atoms with van der Waals surface area (Å²) in [5.74, 6) is -0.340. The molecule has 2 rings (SSSR count). The fourth-order valence-corrected chi connectivity index (χ4v) is 4.13. The second-order valence-corrected chi connectivity index (χ2v) is 8.76. The lowest BCUT2D eigenvalue weighted by Gasteiger charge is -2.29. The third kappa shape index (κ3) is 5.32. The maximum Gasteiger partial charge on any atom is 0.244 e. The number of nitrogens with zero attached hydrogens (tertiary/aromatic N) is 1. The highest BCUT2D eigenvalue weighted by Crippen LogP contribution is 2.22. The van der Waals surface area contributed by atoms with Crippen LogP contribution in [0.15, 0.2) is 48.5 Å². The van der Waals surface area contributed by atoms with Gasteiger partial charge in [0.05, 0.1) is 18.0 Å². The van der Waals surface area contributed by atoms with Crippen LogP contribution >= 0.6 is 0 Å². The van der Waals surface area contributed by atoms with Crippen molar-refractivity contribution in [2.24, 2.45) is 0 Å². The molecule has 2 aromatic carbocycles. The van der Waals surface area contributed by atoms with E-state index in [0.717, 1.165) is 29.4 Å². The Hall–Kier alpha value is -2.34. The van der Waals surface area contributed by atoms with Gasteiger partial charge in [0.2, 0.25) is 15.9 Å². The van der Waals surface area contributed by atoms with Crippen LogP contribution < -0.4 is 9.62 Å². The van der Waals surface area contributed by atoms with Crippen molar-refractivity contribution in [3.63, 3.8) is 0 Å². The van der Waals surface area contributed by atoms with Gasteiger partial charge in [0.25, 0.3) is 0 Å². The molecule has 5 nitrogen and oxygen atoms in total. The Balaban J connectivity index is 2.22. The first-order chi connectivity index (χ1) is 12.6. The molecule has 0 unspecified atom stereocenters. The van der Waals surface area contributed by atoms with Gasteiger partial charge in [-0.1, -0.05) is 48.9 Å². The molecule has 0 aromatic heterocycles. The van der Waals surface area contributed by atoms with Crippen molar-refractivity contribution >= 4 is 21.6 Å². The van der Waals surface area contributed by atoms with E-state index in [9.17, 15) is 13.2 Å². The lowest BCUT2D eigenvalue weighted by molar-refractivity contribution is -0.122. The number of rotatable bonds is 7. The van der Waals surface area contributed by atoms with E-state index in [1.165, 1.54) is 4.31 Å². The first-order valence-corrected chi connectivity index (χ1v) is 10.9. The number of carbonyl (C=O) groups is 1. The molecule has 0 fully saturated rings. The van der Waals surface area contributed by atoms with Crippen LogP contribution in [-0.2, 0) is 21.2 Å². The molecule has 0 aliphatic rings. The molecule has 0 aliphatic heterocycles. The molecule has 0 spiro atoms. The number of benzene rings is 2. The summed E-state index contributed by atoms with van der Waals surface area (Å²) in [6.07, 6.45) is 1.98. The Morgan fingerprint density at radius 3 is 2.07 bits per heavy atom. The summed E-state index contributed by atoms with van der Waals surface area (Å²) in [6, 6.07) is 14.1. The van der Waals surface area contributed by atoms with Gasteiger partial charge in [-0.2, -0.15) is 0 Å². The summed E-state index contributed by atoms with van der Waals surface area (Å²) in [7, 11) is -3.62. The van der Waals surface area contributed by atoms with Crippen LogP contribution in [0.1, 0.15) is 43.5 Å². The van der Waals surface area contributed by atoms with Crippen LogP contribution in [-0.4, -0.2) is 26.6 Å². The first-order valence-electron chi connectivity index (χ1n) is 9.08. The smallest absolute Gasteiger partial charge is 0.244 e. The molecule has 1 amide bonds. The topological polar surface area (TPSA) is 66.5 Å². The number of nitrogens with one attached hydrogen (secondary N) is 1. The van der Waals surface area contributed by atoms with Crippen molar-refractivity contribution in [1.29, 1.82) is 0 Å². The molecule has 0 aliphatic carbocycles. The predicted octanol–water partition coefficient (Wildman–Crippen LogP) is 3.59. The summed E-state index contributed by atoms with van der Waals surface area (Å²) < 4.78 is 25.9. The van der Waals surface area contributed by atoms with Crippen LogP contribution in [0.4, 0.5) is 5.69 Å². The van der Waals surface area contributed by atoms with E-state index in [1.807, 2.05) is 57.2 Å². The molecule has 6 heteroatoms. The first kappa shape index (κ1) is 21.0. The van der Waals surface area contributed by atoms with Crippen molar-refractivity contribution in [3.8, 4) is 0 Å². The number of anilines is 1. The van der Waals surface area contributed by atoms with Crippen molar-refractivity contribution in [2.45, 2.75) is 46.2 Å². The van der Waals surface area contributed by atoms with Crippen LogP contribution in [0, 0.1) is 6.92 Å². The van der Waals surface area contributed by atoms with Gasteiger partial charge in [0.15, 0.2) is 0 Å². The van der Waals surface area contributed by atoms with Crippen molar-refractivity contribution < 1.29 is 13.2 Å². The second kappa shape index (κ2) is 8.57. The number of sulfonamides is 1.